The summed E-state index contributed by atoms with van der Waals surface area (Å²) in [6.07, 6.45) is 0.604. The third-order valence-electron chi connectivity index (χ3n) is 3.13. The minimum atomic E-state index is -0.640. The number of anilines is 1. The molecular formula is C12H15N3O3S. The van der Waals surface area contributed by atoms with Crippen LogP contribution >= 0.6 is 11.3 Å². The van der Waals surface area contributed by atoms with Crippen LogP contribution < -0.4 is 11.1 Å². The second-order valence-electron chi connectivity index (χ2n) is 4.48. The van der Waals surface area contributed by atoms with Gasteiger partial charge in [-0.3, -0.25) is 19.3 Å². The topological polar surface area (TPSA) is 92.5 Å². The second kappa shape index (κ2) is 5.00. The molecule has 1 aromatic heterocycles. The molecule has 0 spiro atoms. The van der Waals surface area contributed by atoms with Gasteiger partial charge in [0.15, 0.2) is 0 Å². The van der Waals surface area contributed by atoms with E-state index in [1.165, 1.54) is 18.4 Å². The number of nitrogens with one attached hydrogen (secondary N) is 1. The van der Waals surface area contributed by atoms with E-state index in [4.69, 9.17) is 5.73 Å². The number of nitrogens with zero attached hydrogens (tertiary/aromatic N) is 1. The van der Waals surface area contributed by atoms with Crippen molar-refractivity contribution in [3.63, 3.8) is 0 Å². The van der Waals surface area contributed by atoms with Crippen molar-refractivity contribution in [3.8, 4) is 0 Å². The van der Waals surface area contributed by atoms with E-state index in [-0.39, 0.29) is 24.1 Å². The number of hydrogen-bond donors (Lipinski definition) is 2. The number of aryl methyl sites for hydroxylation is 1. The lowest BCUT2D eigenvalue weighted by Crippen LogP contribution is -2.52. The lowest BCUT2D eigenvalue weighted by Gasteiger charge is -2.27. The largest absolute Gasteiger partial charge is 0.398 e. The third kappa shape index (κ3) is 2.60. The van der Waals surface area contributed by atoms with Crippen molar-refractivity contribution in [2.75, 3.05) is 12.8 Å². The summed E-state index contributed by atoms with van der Waals surface area (Å²) in [5.41, 5.74) is 6.26. The number of hydrogen-bond acceptors (Lipinski definition) is 5. The minimum absolute atomic E-state index is 0.216. The molecule has 1 unspecified atom stereocenters. The molecule has 0 saturated carbocycles. The van der Waals surface area contributed by atoms with Crippen molar-refractivity contribution >= 4 is 34.7 Å². The lowest BCUT2D eigenvalue weighted by atomic mass is 10.0. The van der Waals surface area contributed by atoms with Crippen LogP contribution in [-0.4, -0.2) is 35.7 Å². The highest BCUT2D eigenvalue weighted by Crippen LogP contribution is 2.23. The smallest absolute Gasteiger partial charge is 0.262 e. The zero-order valence-corrected chi connectivity index (χ0v) is 11.5. The Kier molecular flexibility index (Phi) is 3.57. The summed E-state index contributed by atoms with van der Waals surface area (Å²) in [4.78, 5) is 37.6. The first-order valence-electron chi connectivity index (χ1n) is 5.87. The van der Waals surface area contributed by atoms with E-state index < -0.39 is 6.04 Å². The van der Waals surface area contributed by atoms with Gasteiger partial charge in [0, 0.05) is 24.0 Å². The Labute approximate surface area is 114 Å². The number of nitrogens with two attached hydrogens (primary N) is 1. The first-order chi connectivity index (χ1) is 8.90. The predicted molar refractivity (Wildman–Crippen MR) is 71.7 cm³/mol. The number of carbonyl (C=O) groups is 3. The average molecular weight is 281 g/mol. The van der Waals surface area contributed by atoms with Crippen LogP contribution in [0.1, 0.15) is 27.4 Å². The summed E-state index contributed by atoms with van der Waals surface area (Å²) in [5.74, 6) is -0.913. The molecule has 0 radical (unpaired) electrons. The fourth-order valence-corrected chi connectivity index (χ4v) is 2.73. The number of likely N-dealkylation sites (N-methyl/N-ethyl adjacent to an activating group) is 1. The minimum Gasteiger partial charge on any atom is -0.398 e. The van der Waals surface area contributed by atoms with Crippen LogP contribution in [0.2, 0.25) is 0 Å². The first-order valence-corrected chi connectivity index (χ1v) is 6.69. The molecule has 1 atom stereocenters. The Hall–Kier alpha value is -1.89. The maximum absolute atomic E-state index is 12.0. The van der Waals surface area contributed by atoms with E-state index in [1.54, 1.807) is 6.07 Å². The maximum atomic E-state index is 12.0. The standard InChI is InChI=1S/C12H15N3O3S/c1-6-7(13)5-9(19-6)11(17)14-8-3-4-10(16)15(2)12(8)18/h5,8H,3-4,13H2,1-2H3,(H,14,17). The highest BCUT2D eigenvalue weighted by Gasteiger charge is 2.33. The molecule has 1 aromatic rings. The van der Waals surface area contributed by atoms with Gasteiger partial charge < -0.3 is 11.1 Å². The first kappa shape index (κ1) is 13.5. The van der Waals surface area contributed by atoms with Gasteiger partial charge in [-0.25, -0.2) is 0 Å². The van der Waals surface area contributed by atoms with Gasteiger partial charge in [0.2, 0.25) is 5.91 Å². The molecule has 1 saturated heterocycles. The lowest BCUT2D eigenvalue weighted by molar-refractivity contribution is -0.147. The molecule has 0 aromatic carbocycles. The molecule has 102 valence electrons. The Morgan fingerprint density at radius 3 is 2.79 bits per heavy atom. The van der Waals surface area contributed by atoms with E-state index in [1.807, 2.05) is 6.92 Å². The molecule has 7 heteroatoms. The predicted octanol–water partition coefficient (Wildman–Crippen LogP) is 0.516. The number of rotatable bonds is 2. The van der Waals surface area contributed by atoms with Gasteiger partial charge in [0.1, 0.15) is 6.04 Å². The summed E-state index contributed by atoms with van der Waals surface area (Å²) in [6.45, 7) is 1.83. The molecule has 3 N–H and O–H groups in total. The van der Waals surface area contributed by atoms with Crippen LogP contribution in [0.25, 0.3) is 0 Å². The van der Waals surface area contributed by atoms with E-state index in [2.05, 4.69) is 5.32 Å². The quantitative estimate of drug-likeness (QED) is 0.773. The molecule has 3 amide bonds. The summed E-state index contributed by atoms with van der Waals surface area (Å²) in [6, 6.07) is 0.955. The molecule has 1 aliphatic heterocycles. The highest BCUT2D eigenvalue weighted by molar-refractivity contribution is 7.14. The molecule has 0 bridgehead atoms. The summed E-state index contributed by atoms with van der Waals surface area (Å²) in [7, 11) is 1.43. The van der Waals surface area contributed by atoms with Gasteiger partial charge in [-0.2, -0.15) is 0 Å². The van der Waals surface area contributed by atoms with Gasteiger partial charge >= 0.3 is 0 Å². The number of imide groups is 1. The molecule has 1 aliphatic rings. The SMILES string of the molecule is Cc1sc(C(=O)NC2CCC(=O)N(C)C2=O)cc1N. The maximum Gasteiger partial charge on any atom is 0.262 e. The molecule has 0 aliphatic carbocycles. The summed E-state index contributed by atoms with van der Waals surface area (Å²) >= 11 is 1.28. The Bertz CT molecular complexity index is 533. The zero-order valence-electron chi connectivity index (χ0n) is 10.7. The molecular weight excluding hydrogens is 266 g/mol. The Balaban J connectivity index is 2.07. The van der Waals surface area contributed by atoms with Crippen molar-refractivity contribution in [1.29, 1.82) is 0 Å². The van der Waals surface area contributed by atoms with Crippen LogP contribution in [0.5, 0.6) is 0 Å². The van der Waals surface area contributed by atoms with Crippen molar-refractivity contribution in [1.82, 2.24) is 10.2 Å². The van der Waals surface area contributed by atoms with Gasteiger partial charge in [-0.05, 0) is 19.4 Å². The average Bonchev–Trinajstić information content (AvgIpc) is 2.70. The van der Waals surface area contributed by atoms with Crippen molar-refractivity contribution in [2.45, 2.75) is 25.8 Å². The van der Waals surface area contributed by atoms with Gasteiger partial charge in [-0.1, -0.05) is 0 Å². The molecule has 2 heterocycles. The van der Waals surface area contributed by atoms with Crippen LogP contribution in [0.3, 0.4) is 0 Å². The van der Waals surface area contributed by atoms with Crippen molar-refractivity contribution in [2.24, 2.45) is 0 Å². The molecule has 6 nitrogen and oxygen atoms in total. The van der Waals surface area contributed by atoms with Gasteiger partial charge in [0.05, 0.1) is 4.88 Å². The van der Waals surface area contributed by atoms with E-state index in [0.29, 0.717) is 17.0 Å². The van der Waals surface area contributed by atoms with Gasteiger partial charge in [0.25, 0.3) is 11.8 Å². The normalized spacial score (nSPS) is 19.7. The van der Waals surface area contributed by atoms with Crippen LogP contribution in [0, 0.1) is 6.92 Å². The number of amides is 3. The summed E-state index contributed by atoms with van der Waals surface area (Å²) in [5, 5.41) is 2.65. The number of nitrogen functional groups attached to an aromatic ring is 1. The third-order valence-corrected chi connectivity index (χ3v) is 4.20. The van der Waals surface area contributed by atoms with E-state index >= 15 is 0 Å². The number of carbonyl (C=O) groups excluding carboxylic acids is 3. The molecule has 19 heavy (non-hydrogen) atoms. The van der Waals surface area contributed by atoms with Gasteiger partial charge in [-0.15, -0.1) is 11.3 Å². The van der Waals surface area contributed by atoms with Crippen LogP contribution in [0.15, 0.2) is 6.07 Å². The second-order valence-corrected chi connectivity index (χ2v) is 5.73. The number of thiophene rings is 1. The summed E-state index contributed by atoms with van der Waals surface area (Å²) < 4.78 is 0. The fraction of sp³-hybridized carbons (Fsp3) is 0.417. The number of likely N-dealkylation sites (tertiary alicyclic amines) is 1. The molecule has 1 fully saturated rings. The van der Waals surface area contributed by atoms with Crippen molar-refractivity contribution in [3.05, 3.63) is 15.8 Å². The zero-order chi connectivity index (χ0) is 14.2. The van der Waals surface area contributed by atoms with Crippen LogP contribution in [0.4, 0.5) is 5.69 Å². The Morgan fingerprint density at radius 1 is 1.53 bits per heavy atom. The number of piperidine rings is 1. The van der Waals surface area contributed by atoms with Crippen molar-refractivity contribution < 1.29 is 14.4 Å². The van der Waals surface area contributed by atoms with Crippen LogP contribution in [-0.2, 0) is 9.59 Å². The fourth-order valence-electron chi connectivity index (χ4n) is 1.89. The van der Waals surface area contributed by atoms with E-state index in [9.17, 15) is 14.4 Å². The molecule has 2 rings (SSSR count). The monoisotopic (exact) mass is 281 g/mol. The Morgan fingerprint density at radius 2 is 2.21 bits per heavy atom. The van der Waals surface area contributed by atoms with E-state index in [0.717, 1.165) is 9.78 Å². The highest BCUT2D eigenvalue weighted by atomic mass is 32.1.